The number of benzene rings is 3. The van der Waals surface area contributed by atoms with Crippen LogP contribution in [0.25, 0.3) is 0 Å². The Kier molecular flexibility index (Phi) is 5.11. The van der Waals surface area contributed by atoms with Gasteiger partial charge in [0.1, 0.15) is 12.4 Å². The van der Waals surface area contributed by atoms with Gasteiger partial charge in [-0.15, -0.1) is 0 Å². The van der Waals surface area contributed by atoms with Gasteiger partial charge in [-0.3, -0.25) is 0 Å². The first kappa shape index (κ1) is 18.8. The van der Waals surface area contributed by atoms with Crippen molar-refractivity contribution < 1.29 is 4.74 Å². The number of para-hydroxylation sites is 1. The molecule has 0 fully saturated rings. The molecular formula is C25H21BrClNO. The predicted octanol–water partition coefficient (Wildman–Crippen LogP) is 7.51. The largest absolute Gasteiger partial charge is 0.489 e. The van der Waals surface area contributed by atoms with Crippen LogP contribution in [0, 0.1) is 5.92 Å². The molecule has 5 rings (SSSR count). The molecule has 0 saturated heterocycles. The van der Waals surface area contributed by atoms with Crippen LogP contribution in [0.15, 0.2) is 83.4 Å². The number of fused-ring (bicyclic) bond motifs is 3. The SMILES string of the molecule is Clc1ccc(COc2ccc([C@@H]3Nc4c(Br)cccc4[C@@H]4C=CC[C@H]43)cc2)cc1. The zero-order valence-corrected chi connectivity index (χ0v) is 18.2. The van der Waals surface area contributed by atoms with Crippen LogP contribution < -0.4 is 10.1 Å². The average Bonchev–Trinajstić information content (AvgIpc) is 3.24. The molecule has 0 amide bonds. The maximum Gasteiger partial charge on any atom is 0.119 e. The Balaban J connectivity index is 1.34. The van der Waals surface area contributed by atoms with Gasteiger partial charge in [0.25, 0.3) is 0 Å². The third-order valence-electron chi connectivity index (χ3n) is 5.90. The van der Waals surface area contributed by atoms with E-state index in [1.165, 1.54) is 16.8 Å². The fraction of sp³-hybridized carbons (Fsp3) is 0.200. The Labute approximate surface area is 184 Å². The summed E-state index contributed by atoms with van der Waals surface area (Å²) in [6.45, 7) is 0.535. The van der Waals surface area contributed by atoms with E-state index in [-0.39, 0.29) is 6.04 Å². The van der Waals surface area contributed by atoms with Crippen molar-refractivity contribution in [3.63, 3.8) is 0 Å². The summed E-state index contributed by atoms with van der Waals surface area (Å²) in [4.78, 5) is 0. The molecule has 0 saturated carbocycles. The van der Waals surface area contributed by atoms with Gasteiger partial charge in [0.2, 0.25) is 0 Å². The Morgan fingerprint density at radius 2 is 1.79 bits per heavy atom. The Morgan fingerprint density at radius 1 is 1.00 bits per heavy atom. The molecule has 1 aliphatic carbocycles. The maximum absolute atomic E-state index is 5.95. The molecular weight excluding hydrogens is 446 g/mol. The van der Waals surface area contributed by atoms with Gasteiger partial charge in [-0.2, -0.15) is 0 Å². The van der Waals surface area contributed by atoms with E-state index in [1.807, 2.05) is 24.3 Å². The number of nitrogens with one attached hydrogen (secondary N) is 1. The van der Waals surface area contributed by atoms with Crippen molar-refractivity contribution in [3.05, 3.63) is 105 Å². The van der Waals surface area contributed by atoms with Crippen molar-refractivity contribution in [1.82, 2.24) is 0 Å². The minimum atomic E-state index is 0.284. The molecule has 0 spiro atoms. The second-order valence-electron chi connectivity index (χ2n) is 7.66. The van der Waals surface area contributed by atoms with Gasteiger partial charge in [0.05, 0.1) is 11.7 Å². The van der Waals surface area contributed by atoms with Crippen LogP contribution in [-0.4, -0.2) is 0 Å². The Hall–Kier alpha value is -2.23. The highest BCUT2D eigenvalue weighted by Gasteiger charge is 2.38. The van der Waals surface area contributed by atoms with E-state index in [4.69, 9.17) is 16.3 Å². The van der Waals surface area contributed by atoms with Gasteiger partial charge in [-0.25, -0.2) is 0 Å². The van der Waals surface area contributed by atoms with Gasteiger partial charge in [-0.1, -0.05) is 60.2 Å². The van der Waals surface area contributed by atoms with Crippen LogP contribution in [0.3, 0.4) is 0 Å². The molecule has 3 atom stereocenters. The summed E-state index contributed by atoms with van der Waals surface area (Å²) in [5.41, 5.74) is 5.00. The highest BCUT2D eigenvalue weighted by atomic mass is 79.9. The molecule has 0 bridgehead atoms. The van der Waals surface area contributed by atoms with Crippen molar-refractivity contribution in [1.29, 1.82) is 0 Å². The average molecular weight is 467 g/mol. The molecule has 4 heteroatoms. The number of halogens is 2. The highest BCUT2D eigenvalue weighted by molar-refractivity contribution is 9.10. The van der Waals surface area contributed by atoms with Crippen LogP contribution in [0.5, 0.6) is 5.75 Å². The first-order chi connectivity index (χ1) is 14.2. The summed E-state index contributed by atoms with van der Waals surface area (Å²) in [6.07, 6.45) is 5.79. The lowest BCUT2D eigenvalue weighted by molar-refractivity contribution is 0.306. The highest BCUT2D eigenvalue weighted by Crippen LogP contribution is 2.51. The minimum Gasteiger partial charge on any atom is -0.489 e. The van der Waals surface area contributed by atoms with Crippen LogP contribution in [-0.2, 0) is 6.61 Å². The monoisotopic (exact) mass is 465 g/mol. The van der Waals surface area contributed by atoms with Gasteiger partial charge < -0.3 is 10.1 Å². The molecule has 0 unspecified atom stereocenters. The number of hydrogen-bond donors (Lipinski definition) is 1. The quantitative estimate of drug-likeness (QED) is 0.402. The summed E-state index contributed by atoms with van der Waals surface area (Å²) in [7, 11) is 0. The van der Waals surface area contributed by atoms with Gasteiger partial charge in [-0.05, 0) is 75.3 Å². The second kappa shape index (κ2) is 7.89. The molecule has 1 N–H and O–H groups in total. The molecule has 29 heavy (non-hydrogen) atoms. The van der Waals surface area contributed by atoms with Crippen molar-refractivity contribution >= 4 is 33.2 Å². The summed E-state index contributed by atoms with van der Waals surface area (Å²) in [6, 6.07) is 23.0. The third-order valence-corrected chi connectivity index (χ3v) is 6.82. The maximum atomic E-state index is 5.95. The van der Waals surface area contributed by atoms with Gasteiger partial charge in [0.15, 0.2) is 0 Å². The molecule has 2 aliphatic rings. The van der Waals surface area contributed by atoms with E-state index in [0.29, 0.717) is 18.4 Å². The fourth-order valence-corrected chi connectivity index (χ4v) is 5.05. The number of hydrogen-bond acceptors (Lipinski definition) is 2. The zero-order chi connectivity index (χ0) is 19.8. The van der Waals surface area contributed by atoms with E-state index in [0.717, 1.165) is 27.2 Å². The van der Waals surface area contributed by atoms with E-state index in [9.17, 15) is 0 Å². The predicted molar refractivity (Wildman–Crippen MR) is 123 cm³/mol. The molecule has 0 radical (unpaired) electrons. The summed E-state index contributed by atoms with van der Waals surface area (Å²) in [5.74, 6) is 1.88. The normalized spacial score (nSPS) is 21.9. The van der Waals surface area contributed by atoms with E-state index < -0.39 is 0 Å². The van der Waals surface area contributed by atoms with Crippen molar-refractivity contribution in [2.45, 2.75) is 25.0 Å². The Bertz CT molecular complexity index is 1050. The standard InChI is InChI=1S/C25H21BrClNO/c26-23-6-2-5-22-20-3-1-4-21(20)24(28-25(22)23)17-9-13-19(14-10-17)29-15-16-7-11-18(27)12-8-16/h1-3,5-14,20-21,24,28H,4,15H2/t20-,21-,24+/m1/s1. The minimum absolute atomic E-state index is 0.284. The fourth-order valence-electron chi connectivity index (χ4n) is 4.43. The van der Waals surface area contributed by atoms with E-state index in [2.05, 4.69) is 75.9 Å². The Morgan fingerprint density at radius 3 is 2.59 bits per heavy atom. The van der Waals surface area contributed by atoms with Crippen LogP contribution in [0.1, 0.15) is 35.1 Å². The smallest absolute Gasteiger partial charge is 0.119 e. The molecule has 2 nitrogen and oxygen atoms in total. The zero-order valence-electron chi connectivity index (χ0n) is 15.8. The summed E-state index contributed by atoms with van der Waals surface area (Å²) in [5, 5.41) is 4.54. The van der Waals surface area contributed by atoms with Crippen molar-refractivity contribution in [3.8, 4) is 5.75 Å². The molecule has 3 aromatic rings. The lowest BCUT2D eigenvalue weighted by atomic mass is 9.77. The van der Waals surface area contributed by atoms with Gasteiger partial charge >= 0.3 is 0 Å². The molecule has 1 aliphatic heterocycles. The van der Waals surface area contributed by atoms with Crippen molar-refractivity contribution in [2.75, 3.05) is 5.32 Å². The summed E-state index contributed by atoms with van der Waals surface area (Å²) < 4.78 is 7.08. The number of ether oxygens (including phenoxy) is 1. The molecule has 0 aromatic heterocycles. The molecule has 146 valence electrons. The van der Waals surface area contributed by atoms with E-state index >= 15 is 0 Å². The third kappa shape index (κ3) is 3.70. The first-order valence-corrected chi connectivity index (χ1v) is 11.0. The van der Waals surface area contributed by atoms with E-state index in [1.54, 1.807) is 0 Å². The number of anilines is 1. The molecule has 3 aromatic carbocycles. The lowest BCUT2D eigenvalue weighted by Gasteiger charge is -2.38. The summed E-state index contributed by atoms with van der Waals surface area (Å²) >= 11 is 9.67. The second-order valence-corrected chi connectivity index (χ2v) is 8.95. The number of rotatable bonds is 4. The first-order valence-electron chi connectivity index (χ1n) is 9.88. The van der Waals surface area contributed by atoms with Crippen LogP contribution in [0.4, 0.5) is 5.69 Å². The van der Waals surface area contributed by atoms with Crippen molar-refractivity contribution in [2.24, 2.45) is 5.92 Å². The topological polar surface area (TPSA) is 21.3 Å². The molecule has 1 heterocycles. The lowest BCUT2D eigenvalue weighted by Crippen LogP contribution is -2.29. The van der Waals surface area contributed by atoms with Crippen LogP contribution >= 0.6 is 27.5 Å². The van der Waals surface area contributed by atoms with Gasteiger partial charge in [0, 0.05) is 15.4 Å². The number of allylic oxidation sites excluding steroid dienone is 2. The van der Waals surface area contributed by atoms with Crippen LogP contribution in [0.2, 0.25) is 5.02 Å².